The molecule has 0 unspecified atom stereocenters. The highest BCUT2D eigenvalue weighted by molar-refractivity contribution is 5.83. The fourth-order valence-electron chi connectivity index (χ4n) is 1.86. The highest BCUT2D eigenvalue weighted by atomic mass is 35.5. The molecule has 1 aromatic carbocycles. The number of hydrogen-bond acceptors (Lipinski definition) is 2. The minimum Gasteiger partial charge on any atom is -1.00 e. The Kier molecular flexibility index (Phi) is 4.21. The molecule has 16 heavy (non-hydrogen) atoms. The SMILES string of the molecule is COc1ccc2oc(C)c(CC[NH3+])c2c1.[Cl-]. The van der Waals surface area contributed by atoms with E-state index >= 15 is 0 Å². The van der Waals surface area contributed by atoms with Crippen LogP contribution in [0.25, 0.3) is 11.0 Å². The van der Waals surface area contributed by atoms with E-state index < -0.39 is 0 Å². The summed E-state index contributed by atoms with van der Waals surface area (Å²) in [6.45, 7) is 2.88. The van der Waals surface area contributed by atoms with Gasteiger partial charge in [0.15, 0.2) is 0 Å². The van der Waals surface area contributed by atoms with Crippen molar-refractivity contribution in [2.75, 3.05) is 13.7 Å². The first-order valence-electron chi connectivity index (χ1n) is 5.11. The maximum Gasteiger partial charge on any atom is 0.134 e. The zero-order valence-corrected chi connectivity index (χ0v) is 10.3. The lowest BCUT2D eigenvalue weighted by molar-refractivity contribution is -0.366. The zero-order chi connectivity index (χ0) is 10.8. The van der Waals surface area contributed by atoms with Crippen molar-refractivity contribution in [1.82, 2.24) is 0 Å². The van der Waals surface area contributed by atoms with Crippen LogP contribution < -0.4 is 22.9 Å². The summed E-state index contributed by atoms with van der Waals surface area (Å²) in [5, 5.41) is 1.15. The fraction of sp³-hybridized carbons (Fsp3) is 0.333. The Labute approximate surface area is 101 Å². The Hall–Kier alpha value is -1.19. The van der Waals surface area contributed by atoms with E-state index in [1.807, 2.05) is 25.1 Å². The number of hydrogen-bond donors (Lipinski definition) is 1. The summed E-state index contributed by atoms with van der Waals surface area (Å²) in [6.07, 6.45) is 0.950. The fourth-order valence-corrected chi connectivity index (χ4v) is 1.86. The lowest BCUT2D eigenvalue weighted by Crippen LogP contribution is -3.00. The number of halogens is 1. The topological polar surface area (TPSA) is 50.0 Å². The third-order valence-electron chi connectivity index (χ3n) is 2.63. The molecular weight excluding hydrogens is 226 g/mol. The van der Waals surface area contributed by atoms with Gasteiger partial charge in [0.05, 0.1) is 13.7 Å². The van der Waals surface area contributed by atoms with Crippen LogP contribution in [-0.2, 0) is 6.42 Å². The van der Waals surface area contributed by atoms with E-state index in [2.05, 4.69) is 5.73 Å². The molecule has 0 spiro atoms. The van der Waals surface area contributed by atoms with E-state index in [-0.39, 0.29) is 12.4 Å². The van der Waals surface area contributed by atoms with E-state index in [1.54, 1.807) is 7.11 Å². The first-order valence-corrected chi connectivity index (χ1v) is 5.11. The highest BCUT2D eigenvalue weighted by Gasteiger charge is 2.11. The van der Waals surface area contributed by atoms with Crippen LogP contribution in [0.4, 0.5) is 0 Å². The van der Waals surface area contributed by atoms with Crippen LogP contribution in [0.15, 0.2) is 22.6 Å². The minimum atomic E-state index is 0. The lowest BCUT2D eigenvalue weighted by atomic mass is 10.1. The molecule has 3 nitrogen and oxygen atoms in total. The van der Waals surface area contributed by atoms with Crippen LogP contribution in [0.3, 0.4) is 0 Å². The normalized spacial score (nSPS) is 10.2. The summed E-state index contributed by atoms with van der Waals surface area (Å²) >= 11 is 0. The standard InChI is InChI=1S/C12H15NO2.ClH/c1-8-10(5-6-13)11-7-9(14-2)3-4-12(11)15-8;/h3-4,7H,5-6,13H2,1-2H3;1H. The number of methoxy groups -OCH3 is 1. The molecule has 0 saturated carbocycles. The van der Waals surface area contributed by atoms with Crippen molar-refractivity contribution in [2.45, 2.75) is 13.3 Å². The Bertz CT molecular complexity index is 479. The molecule has 0 amide bonds. The van der Waals surface area contributed by atoms with Gasteiger partial charge in [-0.15, -0.1) is 0 Å². The molecule has 0 radical (unpaired) electrons. The van der Waals surface area contributed by atoms with Crippen LogP contribution in [0.2, 0.25) is 0 Å². The molecule has 0 aliphatic carbocycles. The summed E-state index contributed by atoms with van der Waals surface area (Å²) in [4.78, 5) is 0. The van der Waals surface area contributed by atoms with Crippen molar-refractivity contribution in [3.63, 3.8) is 0 Å². The van der Waals surface area contributed by atoms with Gasteiger partial charge in [0.25, 0.3) is 0 Å². The Morgan fingerprint density at radius 1 is 1.38 bits per heavy atom. The second-order valence-electron chi connectivity index (χ2n) is 3.60. The zero-order valence-electron chi connectivity index (χ0n) is 9.55. The van der Waals surface area contributed by atoms with Crippen LogP contribution >= 0.6 is 0 Å². The maximum absolute atomic E-state index is 5.67. The van der Waals surface area contributed by atoms with Crippen molar-refractivity contribution in [1.29, 1.82) is 0 Å². The molecule has 0 aliphatic rings. The van der Waals surface area contributed by atoms with Crippen molar-refractivity contribution in [3.05, 3.63) is 29.5 Å². The third kappa shape index (κ3) is 2.15. The Morgan fingerprint density at radius 2 is 2.12 bits per heavy atom. The summed E-state index contributed by atoms with van der Waals surface area (Å²) in [6, 6.07) is 5.89. The van der Waals surface area contributed by atoms with Gasteiger partial charge in [0.1, 0.15) is 17.1 Å². The Balaban J connectivity index is 0.00000128. The molecule has 4 heteroatoms. The van der Waals surface area contributed by atoms with Crippen LogP contribution in [0.5, 0.6) is 5.75 Å². The number of ether oxygens (including phenoxy) is 1. The second kappa shape index (κ2) is 5.23. The Morgan fingerprint density at radius 3 is 2.75 bits per heavy atom. The molecule has 0 atom stereocenters. The molecule has 0 bridgehead atoms. The first kappa shape index (κ1) is 12.9. The van der Waals surface area contributed by atoms with Gasteiger partial charge in [-0.05, 0) is 25.1 Å². The number of quaternary nitrogens is 1. The molecule has 1 aromatic heterocycles. The second-order valence-corrected chi connectivity index (χ2v) is 3.60. The van der Waals surface area contributed by atoms with E-state index in [0.717, 1.165) is 35.4 Å². The van der Waals surface area contributed by atoms with Crippen molar-refractivity contribution in [2.24, 2.45) is 0 Å². The average molecular weight is 242 g/mol. The molecule has 3 N–H and O–H groups in total. The first-order chi connectivity index (χ1) is 7.26. The van der Waals surface area contributed by atoms with Crippen LogP contribution in [0.1, 0.15) is 11.3 Å². The lowest BCUT2D eigenvalue weighted by Gasteiger charge is -1.99. The van der Waals surface area contributed by atoms with E-state index in [4.69, 9.17) is 9.15 Å². The van der Waals surface area contributed by atoms with E-state index in [1.165, 1.54) is 5.56 Å². The minimum absolute atomic E-state index is 0. The summed E-state index contributed by atoms with van der Waals surface area (Å²) in [7, 11) is 1.68. The van der Waals surface area contributed by atoms with Gasteiger partial charge in [0, 0.05) is 17.4 Å². The number of furan rings is 1. The predicted octanol–water partition coefficient (Wildman–Crippen LogP) is -1.46. The van der Waals surface area contributed by atoms with Gasteiger partial charge in [-0.3, -0.25) is 0 Å². The van der Waals surface area contributed by atoms with Gasteiger partial charge < -0.3 is 27.3 Å². The highest BCUT2D eigenvalue weighted by Crippen LogP contribution is 2.28. The van der Waals surface area contributed by atoms with Crippen molar-refractivity contribution >= 4 is 11.0 Å². The molecule has 0 aliphatic heterocycles. The van der Waals surface area contributed by atoms with Crippen molar-refractivity contribution < 1.29 is 27.3 Å². The monoisotopic (exact) mass is 241 g/mol. The molecule has 1 heterocycles. The maximum atomic E-state index is 5.67. The molecule has 2 rings (SSSR count). The summed E-state index contributed by atoms with van der Waals surface area (Å²) in [5.41, 5.74) is 6.05. The van der Waals surface area contributed by atoms with Crippen molar-refractivity contribution in [3.8, 4) is 5.75 Å². The van der Waals surface area contributed by atoms with Gasteiger partial charge in [-0.2, -0.15) is 0 Å². The van der Waals surface area contributed by atoms with E-state index in [9.17, 15) is 0 Å². The van der Waals surface area contributed by atoms with Crippen LogP contribution in [0, 0.1) is 6.92 Å². The van der Waals surface area contributed by atoms with E-state index in [0.29, 0.717) is 0 Å². The number of benzene rings is 1. The van der Waals surface area contributed by atoms with Gasteiger partial charge in [-0.25, -0.2) is 0 Å². The van der Waals surface area contributed by atoms with Crippen LogP contribution in [-0.4, -0.2) is 13.7 Å². The van der Waals surface area contributed by atoms with Gasteiger partial charge >= 0.3 is 0 Å². The largest absolute Gasteiger partial charge is 1.00 e. The molecule has 88 valence electrons. The average Bonchev–Trinajstić information content (AvgIpc) is 2.55. The molecule has 2 aromatic rings. The number of aryl methyl sites for hydroxylation is 1. The van der Waals surface area contributed by atoms with Gasteiger partial charge in [-0.1, -0.05) is 0 Å². The smallest absolute Gasteiger partial charge is 0.134 e. The number of rotatable bonds is 3. The molecule has 0 saturated heterocycles. The van der Waals surface area contributed by atoms with Gasteiger partial charge in [0.2, 0.25) is 0 Å². The molecular formula is C12H16ClNO2. The summed E-state index contributed by atoms with van der Waals surface area (Å²) in [5.74, 6) is 1.86. The summed E-state index contributed by atoms with van der Waals surface area (Å²) < 4.78 is 10.9. The predicted molar refractivity (Wildman–Crippen MR) is 59.0 cm³/mol. The number of fused-ring (bicyclic) bond motifs is 1. The third-order valence-corrected chi connectivity index (χ3v) is 2.63. The quantitative estimate of drug-likeness (QED) is 0.714. The molecule has 0 fully saturated rings.